The van der Waals surface area contributed by atoms with Crippen LogP contribution in [0.5, 0.6) is 5.88 Å². The third kappa shape index (κ3) is 6.85. The van der Waals surface area contributed by atoms with E-state index in [1.165, 1.54) is 12.1 Å². The van der Waals surface area contributed by atoms with Gasteiger partial charge in [0, 0.05) is 57.4 Å². The van der Waals surface area contributed by atoms with Gasteiger partial charge < -0.3 is 9.64 Å². The number of ketones is 1. The lowest BCUT2D eigenvalue weighted by Gasteiger charge is -2.30. The quantitative estimate of drug-likeness (QED) is 0.343. The first-order valence-electron chi connectivity index (χ1n) is 14.5. The Bertz CT molecular complexity index is 1340. The van der Waals surface area contributed by atoms with Crippen LogP contribution in [0.2, 0.25) is 0 Å². The first-order valence-corrected chi connectivity index (χ1v) is 14.5. The number of para-hydroxylation sites is 1. The van der Waals surface area contributed by atoms with Crippen molar-refractivity contribution in [1.82, 2.24) is 19.7 Å². The van der Waals surface area contributed by atoms with Crippen LogP contribution in [0.1, 0.15) is 56.0 Å². The molecule has 1 aromatic heterocycles. The molecule has 1 amide bonds. The number of nitrogens with zero attached hydrogens (tertiary/aromatic N) is 4. The third-order valence-corrected chi connectivity index (χ3v) is 8.25. The highest BCUT2D eigenvalue weighted by Crippen LogP contribution is 2.37. The molecule has 2 atom stereocenters. The van der Waals surface area contributed by atoms with Gasteiger partial charge in [0.2, 0.25) is 11.8 Å². The Morgan fingerprint density at radius 1 is 1.07 bits per heavy atom. The van der Waals surface area contributed by atoms with Gasteiger partial charge >= 0.3 is 0 Å². The first-order chi connectivity index (χ1) is 19.8. The highest BCUT2D eigenvalue weighted by molar-refractivity contribution is 5.81. The molecule has 0 spiro atoms. The molecule has 218 valence electrons. The number of amides is 1. The first kappa shape index (κ1) is 29.0. The largest absolute Gasteiger partial charge is 0.476 e. The van der Waals surface area contributed by atoms with Gasteiger partial charge in [-0.1, -0.05) is 37.3 Å². The number of piperidine rings is 1. The second kappa shape index (κ2) is 13.0. The van der Waals surface area contributed by atoms with Crippen LogP contribution in [0, 0.1) is 24.6 Å². The van der Waals surface area contributed by atoms with Crippen LogP contribution in [0.3, 0.4) is 0 Å². The fraction of sp³-hybridized carbons (Fsp3) is 0.469. The number of hydrogen-bond acceptors (Lipinski definition) is 6. The second-order valence-corrected chi connectivity index (χ2v) is 11.1. The van der Waals surface area contributed by atoms with Gasteiger partial charge in [-0.25, -0.2) is 9.07 Å². The SMILES string of the molecule is CCN1C[C@@H](CC(=O)Cc2c(C)c(OCC3CCN(C(C)=O)CC3)nn2-c2ccccc2)[C@H](c2ccc(F)cc2)O1. The molecule has 0 N–H and O–H groups in total. The molecule has 2 saturated heterocycles. The number of hydrogen-bond donors (Lipinski definition) is 0. The van der Waals surface area contributed by atoms with E-state index in [1.54, 1.807) is 19.1 Å². The number of ether oxygens (including phenoxy) is 1. The Labute approximate surface area is 241 Å². The minimum atomic E-state index is -0.298. The van der Waals surface area contributed by atoms with Crippen LogP contribution in [-0.2, 0) is 20.8 Å². The van der Waals surface area contributed by atoms with Crippen molar-refractivity contribution in [2.75, 3.05) is 32.8 Å². The highest BCUT2D eigenvalue weighted by Gasteiger charge is 2.36. The Morgan fingerprint density at radius 3 is 2.44 bits per heavy atom. The Morgan fingerprint density at radius 2 is 1.78 bits per heavy atom. The van der Waals surface area contributed by atoms with Crippen molar-refractivity contribution in [1.29, 1.82) is 0 Å². The minimum Gasteiger partial charge on any atom is -0.476 e. The van der Waals surface area contributed by atoms with E-state index in [0.29, 0.717) is 37.9 Å². The number of rotatable bonds is 10. The van der Waals surface area contributed by atoms with Crippen LogP contribution in [0.4, 0.5) is 4.39 Å². The van der Waals surface area contributed by atoms with Crippen LogP contribution in [0.25, 0.3) is 5.69 Å². The van der Waals surface area contributed by atoms with Crippen molar-refractivity contribution in [3.8, 4) is 11.6 Å². The molecular formula is C32H39FN4O4. The molecule has 3 heterocycles. The van der Waals surface area contributed by atoms with E-state index in [-0.39, 0.29) is 36.0 Å². The molecule has 0 bridgehead atoms. The highest BCUT2D eigenvalue weighted by atomic mass is 19.1. The Kier molecular flexibility index (Phi) is 9.15. The Hall–Kier alpha value is -3.56. The van der Waals surface area contributed by atoms with Gasteiger partial charge in [0.05, 0.1) is 18.0 Å². The van der Waals surface area contributed by atoms with Crippen LogP contribution in [-0.4, -0.2) is 64.2 Å². The van der Waals surface area contributed by atoms with Gasteiger partial charge in [0.15, 0.2) is 0 Å². The molecule has 2 fully saturated rings. The van der Waals surface area contributed by atoms with Crippen molar-refractivity contribution >= 4 is 11.7 Å². The molecule has 8 nitrogen and oxygen atoms in total. The summed E-state index contributed by atoms with van der Waals surface area (Å²) in [5.41, 5.74) is 3.41. The molecule has 9 heteroatoms. The predicted octanol–water partition coefficient (Wildman–Crippen LogP) is 5.08. The standard InChI is InChI=1S/C32H39FN4O4/c1-4-36-20-26(31(41-36)25-10-12-27(33)13-11-25)18-29(39)19-30-22(2)32(34-37(30)28-8-6-5-7-9-28)40-21-24-14-16-35(17-15-24)23(3)38/h5-13,24,26,31H,4,14-21H2,1-3H3/t26-,31+/m1/s1. The molecule has 2 aliphatic heterocycles. The van der Waals surface area contributed by atoms with Gasteiger partial charge in [0.25, 0.3) is 0 Å². The molecule has 2 aliphatic rings. The molecule has 0 aliphatic carbocycles. The smallest absolute Gasteiger partial charge is 0.236 e. The van der Waals surface area contributed by atoms with E-state index in [2.05, 4.69) is 0 Å². The topological polar surface area (TPSA) is 76.9 Å². The number of likely N-dealkylation sites (tertiary alicyclic amines) is 1. The van der Waals surface area contributed by atoms with E-state index in [1.807, 2.05) is 58.8 Å². The van der Waals surface area contributed by atoms with Gasteiger partial charge in [-0.2, -0.15) is 5.06 Å². The normalized spacial score (nSPS) is 20.0. The van der Waals surface area contributed by atoms with Gasteiger partial charge in [-0.05, 0) is 55.5 Å². The van der Waals surface area contributed by atoms with Gasteiger partial charge in [-0.15, -0.1) is 5.10 Å². The van der Waals surface area contributed by atoms with E-state index in [9.17, 15) is 14.0 Å². The zero-order chi connectivity index (χ0) is 28.9. The minimum absolute atomic E-state index is 0.0436. The van der Waals surface area contributed by atoms with Crippen molar-refractivity contribution in [2.24, 2.45) is 11.8 Å². The van der Waals surface area contributed by atoms with Gasteiger partial charge in [0.1, 0.15) is 17.7 Å². The lowest BCUT2D eigenvalue weighted by molar-refractivity contribution is -0.146. The maximum atomic E-state index is 13.6. The monoisotopic (exact) mass is 562 g/mol. The van der Waals surface area contributed by atoms with Crippen molar-refractivity contribution in [2.45, 2.75) is 52.6 Å². The number of Topliss-reactive ketones (excluding diaryl/α,β-unsaturated/α-hetero) is 1. The molecule has 0 radical (unpaired) electrons. The average molecular weight is 563 g/mol. The summed E-state index contributed by atoms with van der Waals surface area (Å²) in [6, 6.07) is 16.1. The summed E-state index contributed by atoms with van der Waals surface area (Å²) in [5.74, 6) is 0.757. The molecule has 5 rings (SSSR count). The summed E-state index contributed by atoms with van der Waals surface area (Å²) in [6.45, 7) is 8.96. The number of aromatic nitrogens is 2. The maximum Gasteiger partial charge on any atom is 0.236 e. The molecule has 41 heavy (non-hydrogen) atoms. The van der Waals surface area contributed by atoms with Crippen molar-refractivity contribution in [3.05, 3.63) is 77.2 Å². The van der Waals surface area contributed by atoms with Crippen molar-refractivity contribution < 1.29 is 23.6 Å². The van der Waals surface area contributed by atoms with Gasteiger partial charge in [-0.3, -0.25) is 14.4 Å². The fourth-order valence-corrected chi connectivity index (χ4v) is 5.81. The third-order valence-electron chi connectivity index (χ3n) is 8.25. The molecule has 3 aromatic rings. The molecular weight excluding hydrogens is 523 g/mol. The molecule has 0 unspecified atom stereocenters. The molecule has 0 saturated carbocycles. The number of hydroxylamine groups is 2. The van der Waals surface area contributed by atoms with E-state index in [0.717, 1.165) is 48.4 Å². The maximum absolute atomic E-state index is 13.6. The summed E-state index contributed by atoms with van der Waals surface area (Å²) in [7, 11) is 0. The number of carbonyl (C=O) groups excluding carboxylic acids is 2. The van der Waals surface area contributed by atoms with E-state index >= 15 is 0 Å². The summed E-state index contributed by atoms with van der Waals surface area (Å²) < 4.78 is 21.6. The number of halogens is 1. The van der Waals surface area contributed by atoms with Crippen LogP contribution >= 0.6 is 0 Å². The van der Waals surface area contributed by atoms with E-state index in [4.69, 9.17) is 14.7 Å². The second-order valence-electron chi connectivity index (χ2n) is 11.1. The summed E-state index contributed by atoms with van der Waals surface area (Å²) in [4.78, 5) is 33.3. The number of benzene rings is 2. The predicted molar refractivity (Wildman–Crippen MR) is 153 cm³/mol. The summed E-state index contributed by atoms with van der Waals surface area (Å²) in [5, 5.41) is 6.67. The lowest BCUT2D eigenvalue weighted by atomic mass is 9.90. The van der Waals surface area contributed by atoms with Crippen molar-refractivity contribution in [3.63, 3.8) is 0 Å². The van der Waals surface area contributed by atoms with Crippen LogP contribution < -0.4 is 4.74 Å². The summed E-state index contributed by atoms with van der Waals surface area (Å²) in [6.07, 6.45) is 2.05. The zero-order valence-electron chi connectivity index (χ0n) is 24.1. The van der Waals surface area contributed by atoms with Crippen LogP contribution in [0.15, 0.2) is 54.6 Å². The lowest BCUT2D eigenvalue weighted by Crippen LogP contribution is -2.38. The Balaban J connectivity index is 1.31. The number of carbonyl (C=O) groups is 2. The van der Waals surface area contributed by atoms with E-state index < -0.39 is 0 Å². The average Bonchev–Trinajstić information content (AvgIpc) is 3.53. The zero-order valence-corrected chi connectivity index (χ0v) is 24.1. The summed E-state index contributed by atoms with van der Waals surface area (Å²) >= 11 is 0. The molecule has 2 aromatic carbocycles. The fourth-order valence-electron chi connectivity index (χ4n) is 5.81.